The topological polar surface area (TPSA) is 105 Å². The molecule has 0 aromatic heterocycles. The summed E-state index contributed by atoms with van der Waals surface area (Å²) in [6, 6.07) is 14.8. The number of carbonyl (C=O) groups is 3. The van der Waals surface area contributed by atoms with Gasteiger partial charge in [0.05, 0.1) is 0 Å². The quantitative estimate of drug-likeness (QED) is 0.617. The number of benzene rings is 2. The van der Waals surface area contributed by atoms with E-state index < -0.39 is 0 Å². The predicted molar refractivity (Wildman–Crippen MR) is 130 cm³/mol. The van der Waals surface area contributed by atoms with Gasteiger partial charge in [0.2, 0.25) is 11.8 Å². The molecule has 3 amide bonds. The Labute approximate surface area is 194 Å². The van der Waals surface area contributed by atoms with Gasteiger partial charge >= 0.3 is 0 Å². The molecule has 2 aromatic rings. The number of nitrogens with one attached hydrogen (secondary N) is 2. The van der Waals surface area contributed by atoms with E-state index in [0.717, 1.165) is 57.3 Å². The maximum absolute atomic E-state index is 12.8. The average Bonchev–Trinajstić information content (AvgIpc) is 2.85. The number of carbonyl (C=O) groups excluding carboxylic acids is 3. The molecule has 33 heavy (non-hydrogen) atoms. The third-order valence-electron chi connectivity index (χ3n) is 6.76. The summed E-state index contributed by atoms with van der Waals surface area (Å²) in [7, 11) is 0. The van der Waals surface area contributed by atoms with Crippen molar-refractivity contribution in [2.45, 2.75) is 44.9 Å². The maximum atomic E-state index is 12.8. The molecule has 2 aromatic carbocycles. The fourth-order valence-electron chi connectivity index (χ4n) is 4.73. The number of amides is 3. The predicted octanol–water partition coefficient (Wildman–Crippen LogP) is 4.16. The van der Waals surface area contributed by atoms with Crippen LogP contribution in [-0.4, -0.2) is 30.8 Å². The summed E-state index contributed by atoms with van der Waals surface area (Å²) >= 11 is 0. The first-order valence-electron chi connectivity index (χ1n) is 11.9. The molecule has 1 aliphatic heterocycles. The van der Waals surface area contributed by atoms with Crippen molar-refractivity contribution < 1.29 is 14.4 Å². The largest absolute Gasteiger partial charge is 0.371 e. The van der Waals surface area contributed by atoms with Crippen LogP contribution in [0.1, 0.15) is 55.3 Å². The van der Waals surface area contributed by atoms with Gasteiger partial charge in [-0.15, -0.1) is 0 Å². The van der Waals surface area contributed by atoms with Crippen LogP contribution in [0.3, 0.4) is 0 Å². The molecule has 0 unspecified atom stereocenters. The Kier molecular flexibility index (Phi) is 7.27. The fraction of sp³-hybridized carbons (Fsp3) is 0.423. The van der Waals surface area contributed by atoms with E-state index in [2.05, 4.69) is 15.5 Å². The van der Waals surface area contributed by atoms with E-state index in [1.54, 1.807) is 18.2 Å². The molecule has 174 valence electrons. The molecule has 2 aliphatic rings. The van der Waals surface area contributed by atoms with Crippen molar-refractivity contribution in [3.63, 3.8) is 0 Å². The summed E-state index contributed by atoms with van der Waals surface area (Å²) in [6.07, 6.45) is 6.81. The SMILES string of the molecule is NC(=O)C1CCN(c2ccc(NC(=O)c3cccc(NC(=O)C4CCCCC4)c3)cc2)CC1. The molecule has 0 bridgehead atoms. The molecule has 0 radical (unpaired) electrons. The first-order chi connectivity index (χ1) is 16.0. The molecule has 7 heteroatoms. The molecule has 2 fully saturated rings. The van der Waals surface area contributed by atoms with Crippen molar-refractivity contribution in [2.75, 3.05) is 28.6 Å². The second-order valence-electron chi connectivity index (χ2n) is 9.07. The lowest BCUT2D eigenvalue weighted by Crippen LogP contribution is -2.38. The van der Waals surface area contributed by atoms with E-state index in [0.29, 0.717) is 16.9 Å². The van der Waals surface area contributed by atoms with Crippen LogP contribution >= 0.6 is 0 Å². The van der Waals surface area contributed by atoms with Gasteiger partial charge in [-0.1, -0.05) is 25.3 Å². The van der Waals surface area contributed by atoms with Gasteiger partial charge in [0.25, 0.3) is 5.91 Å². The number of anilines is 3. The van der Waals surface area contributed by atoms with Crippen LogP contribution in [0.4, 0.5) is 17.1 Å². The fourth-order valence-corrected chi connectivity index (χ4v) is 4.73. The van der Waals surface area contributed by atoms with E-state index in [1.807, 2.05) is 30.3 Å². The molecular formula is C26H32N4O3. The molecule has 1 saturated carbocycles. The molecule has 4 N–H and O–H groups in total. The summed E-state index contributed by atoms with van der Waals surface area (Å²) in [5.41, 5.74) is 8.31. The van der Waals surface area contributed by atoms with Crippen LogP contribution in [0.25, 0.3) is 0 Å². The van der Waals surface area contributed by atoms with Crippen LogP contribution in [0.5, 0.6) is 0 Å². The van der Waals surface area contributed by atoms with Gasteiger partial charge in [-0.2, -0.15) is 0 Å². The number of piperidine rings is 1. The highest BCUT2D eigenvalue weighted by atomic mass is 16.2. The molecule has 1 heterocycles. The van der Waals surface area contributed by atoms with Crippen molar-refractivity contribution in [1.82, 2.24) is 0 Å². The summed E-state index contributed by atoms with van der Waals surface area (Å²) in [4.78, 5) is 38.9. The van der Waals surface area contributed by atoms with Gasteiger partial charge in [-0.25, -0.2) is 0 Å². The van der Waals surface area contributed by atoms with E-state index in [1.165, 1.54) is 6.42 Å². The smallest absolute Gasteiger partial charge is 0.255 e. The van der Waals surface area contributed by atoms with E-state index in [4.69, 9.17) is 5.73 Å². The van der Waals surface area contributed by atoms with Crippen molar-refractivity contribution in [3.8, 4) is 0 Å². The Hall–Kier alpha value is -3.35. The van der Waals surface area contributed by atoms with Crippen molar-refractivity contribution >= 4 is 34.8 Å². The van der Waals surface area contributed by atoms with E-state index in [9.17, 15) is 14.4 Å². The lowest BCUT2D eigenvalue weighted by Gasteiger charge is -2.32. The van der Waals surface area contributed by atoms with Gasteiger partial charge in [-0.05, 0) is 68.1 Å². The molecule has 0 spiro atoms. The Morgan fingerprint density at radius 1 is 0.788 bits per heavy atom. The van der Waals surface area contributed by atoms with Crippen molar-refractivity contribution in [3.05, 3.63) is 54.1 Å². The van der Waals surface area contributed by atoms with Crippen molar-refractivity contribution in [2.24, 2.45) is 17.6 Å². The van der Waals surface area contributed by atoms with Crippen LogP contribution in [-0.2, 0) is 9.59 Å². The number of nitrogens with zero attached hydrogens (tertiary/aromatic N) is 1. The van der Waals surface area contributed by atoms with Gasteiger partial charge in [0, 0.05) is 47.6 Å². The minimum Gasteiger partial charge on any atom is -0.371 e. The highest BCUT2D eigenvalue weighted by molar-refractivity contribution is 6.05. The average molecular weight is 449 g/mol. The summed E-state index contributed by atoms with van der Waals surface area (Å²) in [6.45, 7) is 1.58. The van der Waals surface area contributed by atoms with Crippen LogP contribution in [0.2, 0.25) is 0 Å². The number of hydrogen-bond acceptors (Lipinski definition) is 4. The molecule has 7 nitrogen and oxygen atoms in total. The Bertz CT molecular complexity index is 991. The first-order valence-corrected chi connectivity index (χ1v) is 11.9. The van der Waals surface area contributed by atoms with Gasteiger partial charge < -0.3 is 21.3 Å². The Morgan fingerprint density at radius 2 is 1.48 bits per heavy atom. The van der Waals surface area contributed by atoms with Crippen LogP contribution in [0, 0.1) is 11.8 Å². The number of nitrogens with two attached hydrogens (primary N) is 1. The molecule has 0 atom stereocenters. The molecular weight excluding hydrogens is 416 g/mol. The van der Waals surface area contributed by atoms with Gasteiger partial charge in [0.1, 0.15) is 0 Å². The van der Waals surface area contributed by atoms with Crippen molar-refractivity contribution in [1.29, 1.82) is 0 Å². The van der Waals surface area contributed by atoms with Gasteiger partial charge in [-0.3, -0.25) is 14.4 Å². The highest BCUT2D eigenvalue weighted by Crippen LogP contribution is 2.26. The first kappa shape index (κ1) is 22.8. The zero-order chi connectivity index (χ0) is 23.2. The summed E-state index contributed by atoms with van der Waals surface area (Å²) in [5.74, 6) is -0.369. The summed E-state index contributed by atoms with van der Waals surface area (Å²) in [5, 5.41) is 5.89. The van der Waals surface area contributed by atoms with Crippen LogP contribution < -0.4 is 21.3 Å². The Morgan fingerprint density at radius 3 is 2.15 bits per heavy atom. The van der Waals surface area contributed by atoms with E-state index >= 15 is 0 Å². The number of primary amides is 1. The standard InChI is InChI=1S/C26H32N4O3/c27-24(31)18-13-15-30(16-14-18)23-11-9-21(10-12-23)28-26(33)20-7-4-8-22(17-20)29-25(32)19-5-2-1-3-6-19/h4,7-12,17-19H,1-3,5-6,13-16H2,(H2,27,31)(H,28,33)(H,29,32). The normalized spacial score (nSPS) is 17.4. The summed E-state index contributed by atoms with van der Waals surface area (Å²) < 4.78 is 0. The van der Waals surface area contributed by atoms with E-state index in [-0.39, 0.29) is 29.6 Å². The maximum Gasteiger partial charge on any atom is 0.255 e. The molecule has 1 saturated heterocycles. The lowest BCUT2D eigenvalue weighted by atomic mass is 9.88. The lowest BCUT2D eigenvalue weighted by molar-refractivity contribution is -0.122. The third-order valence-corrected chi connectivity index (χ3v) is 6.76. The third kappa shape index (κ3) is 5.92. The highest BCUT2D eigenvalue weighted by Gasteiger charge is 2.23. The second kappa shape index (κ2) is 10.5. The van der Waals surface area contributed by atoms with Crippen LogP contribution in [0.15, 0.2) is 48.5 Å². The van der Waals surface area contributed by atoms with Gasteiger partial charge in [0.15, 0.2) is 0 Å². The zero-order valence-electron chi connectivity index (χ0n) is 18.9. The monoisotopic (exact) mass is 448 g/mol. The Balaban J connectivity index is 1.33. The minimum absolute atomic E-state index is 0.0389. The number of rotatable bonds is 6. The molecule has 1 aliphatic carbocycles. The molecule has 4 rings (SSSR count). The minimum atomic E-state index is -0.223. The zero-order valence-corrected chi connectivity index (χ0v) is 18.9. The number of hydrogen-bond donors (Lipinski definition) is 3. The second-order valence-corrected chi connectivity index (χ2v) is 9.07.